The minimum absolute atomic E-state index is 0.178. The molecule has 0 fully saturated rings. The van der Waals surface area contributed by atoms with Crippen molar-refractivity contribution in [3.05, 3.63) is 81.8 Å². The highest BCUT2D eigenvalue weighted by molar-refractivity contribution is 6.30. The average molecular weight is 372 g/mol. The lowest BCUT2D eigenvalue weighted by Gasteiger charge is -2.17. The number of nitrogens with zero attached hydrogens (tertiary/aromatic N) is 1. The van der Waals surface area contributed by atoms with Crippen molar-refractivity contribution >= 4 is 35.2 Å². The summed E-state index contributed by atoms with van der Waals surface area (Å²) >= 11 is 5.91. The quantitative estimate of drug-likeness (QED) is 0.595. The van der Waals surface area contributed by atoms with Gasteiger partial charge >= 0.3 is 5.97 Å². The maximum absolute atomic E-state index is 13.1. The van der Waals surface area contributed by atoms with Crippen LogP contribution in [0, 0.1) is 5.82 Å². The van der Waals surface area contributed by atoms with Gasteiger partial charge in [-0.25, -0.2) is 9.18 Å². The predicted octanol–water partition coefficient (Wildman–Crippen LogP) is 4.36. The molecular weight excluding hydrogens is 357 g/mol. The smallest absolute Gasteiger partial charge is 0.340 e. The number of methoxy groups -OCH3 is 1. The molecule has 132 valence electrons. The second-order valence-corrected chi connectivity index (χ2v) is 6.11. The van der Waals surface area contributed by atoms with E-state index in [0.717, 1.165) is 0 Å². The summed E-state index contributed by atoms with van der Waals surface area (Å²) in [5.74, 6) is -1.36. The first kappa shape index (κ1) is 17.9. The summed E-state index contributed by atoms with van der Waals surface area (Å²) < 4.78 is 18.0. The molecule has 2 aromatic rings. The molecule has 0 bridgehead atoms. The minimum atomic E-state index is -0.610. The van der Waals surface area contributed by atoms with Gasteiger partial charge in [0.25, 0.3) is 5.91 Å². The van der Waals surface area contributed by atoms with Crippen molar-refractivity contribution in [3.8, 4) is 0 Å². The second-order valence-electron chi connectivity index (χ2n) is 5.68. The number of esters is 1. The fourth-order valence-corrected chi connectivity index (χ4v) is 2.93. The Hall–Kier alpha value is -2.92. The SMILES string of the molecule is COC(=O)C1=C(C)N(c2ccc(Cl)cc2)C(=O)C1=Cc1ccc(F)cc1. The second kappa shape index (κ2) is 7.14. The van der Waals surface area contributed by atoms with Gasteiger partial charge in [-0.15, -0.1) is 0 Å². The predicted molar refractivity (Wildman–Crippen MR) is 98.0 cm³/mol. The highest BCUT2D eigenvalue weighted by atomic mass is 35.5. The van der Waals surface area contributed by atoms with E-state index in [0.29, 0.717) is 22.0 Å². The molecule has 6 heteroatoms. The third-order valence-corrected chi connectivity index (χ3v) is 4.31. The summed E-state index contributed by atoms with van der Waals surface area (Å²) in [4.78, 5) is 26.7. The van der Waals surface area contributed by atoms with Gasteiger partial charge in [-0.2, -0.15) is 0 Å². The molecule has 0 aliphatic carbocycles. The van der Waals surface area contributed by atoms with Crippen LogP contribution in [0.15, 0.2) is 65.4 Å². The van der Waals surface area contributed by atoms with Gasteiger partial charge in [0.05, 0.1) is 18.3 Å². The summed E-state index contributed by atoms with van der Waals surface area (Å²) in [6, 6.07) is 12.4. The Labute approximate surface area is 155 Å². The number of halogens is 2. The zero-order chi connectivity index (χ0) is 18.8. The van der Waals surface area contributed by atoms with E-state index >= 15 is 0 Å². The first-order valence-electron chi connectivity index (χ1n) is 7.79. The number of benzene rings is 2. The summed E-state index contributed by atoms with van der Waals surface area (Å²) in [5, 5.41) is 0.539. The monoisotopic (exact) mass is 371 g/mol. The summed E-state index contributed by atoms with van der Waals surface area (Å²) in [7, 11) is 1.26. The molecule has 1 amide bonds. The number of hydrogen-bond acceptors (Lipinski definition) is 3. The maximum Gasteiger partial charge on any atom is 0.340 e. The lowest BCUT2D eigenvalue weighted by molar-refractivity contribution is -0.136. The number of ether oxygens (including phenoxy) is 1. The van der Waals surface area contributed by atoms with Gasteiger partial charge in [-0.05, 0) is 55.0 Å². The molecule has 0 spiro atoms. The summed E-state index contributed by atoms with van der Waals surface area (Å²) in [5.41, 5.74) is 2.01. The molecule has 2 aromatic carbocycles. The lowest BCUT2D eigenvalue weighted by Crippen LogP contribution is -2.24. The number of rotatable bonds is 3. The first-order valence-corrected chi connectivity index (χ1v) is 8.17. The Morgan fingerprint density at radius 3 is 2.31 bits per heavy atom. The van der Waals surface area contributed by atoms with Gasteiger partial charge in [-0.3, -0.25) is 9.69 Å². The molecular formula is C20H15ClFNO3. The van der Waals surface area contributed by atoms with Crippen LogP contribution < -0.4 is 4.90 Å². The van der Waals surface area contributed by atoms with Crippen LogP contribution in [-0.4, -0.2) is 19.0 Å². The van der Waals surface area contributed by atoms with E-state index in [9.17, 15) is 14.0 Å². The maximum atomic E-state index is 13.1. The van der Waals surface area contributed by atoms with Crippen molar-refractivity contribution in [1.82, 2.24) is 0 Å². The Balaban J connectivity index is 2.12. The van der Waals surface area contributed by atoms with Crippen LogP contribution in [0.5, 0.6) is 0 Å². The fourth-order valence-electron chi connectivity index (χ4n) is 2.81. The van der Waals surface area contributed by atoms with E-state index < -0.39 is 5.97 Å². The number of carbonyl (C=O) groups is 2. The van der Waals surface area contributed by atoms with Gasteiger partial charge in [0.1, 0.15) is 5.82 Å². The van der Waals surface area contributed by atoms with Crippen LogP contribution in [0.1, 0.15) is 12.5 Å². The van der Waals surface area contributed by atoms with Crippen molar-refractivity contribution in [2.75, 3.05) is 12.0 Å². The molecule has 1 heterocycles. The summed E-state index contributed by atoms with van der Waals surface area (Å²) in [6.07, 6.45) is 1.55. The number of anilines is 1. The molecule has 26 heavy (non-hydrogen) atoms. The van der Waals surface area contributed by atoms with Crippen LogP contribution in [0.4, 0.5) is 10.1 Å². The minimum Gasteiger partial charge on any atom is -0.465 e. The van der Waals surface area contributed by atoms with E-state index in [1.54, 1.807) is 37.3 Å². The third-order valence-electron chi connectivity index (χ3n) is 4.06. The number of carbonyl (C=O) groups excluding carboxylic acids is 2. The molecule has 0 atom stereocenters. The Morgan fingerprint density at radius 2 is 1.73 bits per heavy atom. The fraction of sp³-hybridized carbons (Fsp3) is 0.100. The van der Waals surface area contributed by atoms with Crippen molar-refractivity contribution in [2.45, 2.75) is 6.92 Å². The highest BCUT2D eigenvalue weighted by Gasteiger charge is 2.37. The largest absolute Gasteiger partial charge is 0.465 e. The topological polar surface area (TPSA) is 46.6 Å². The standard InChI is InChI=1S/C20H15ClFNO3/c1-12-18(20(25)26-2)17(11-13-3-7-15(22)8-4-13)19(24)23(12)16-9-5-14(21)6-10-16/h3-11H,1-2H3. The van der Waals surface area contributed by atoms with E-state index in [4.69, 9.17) is 16.3 Å². The zero-order valence-electron chi connectivity index (χ0n) is 14.1. The Bertz CT molecular complexity index is 931. The van der Waals surface area contributed by atoms with E-state index in [1.165, 1.54) is 36.3 Å². The first-order chi connectivity index (χ1) is 12.4. The molecule has 3 rings (SSSR count). The molecule has 0 saturated carbocycles. The van der Waals surface area contributed by atoms with Crippen LogP contribution in [0.2, 0.25) is 5.02 Å². The molecule has 4 nitrogen and oxygen atoms in total. The Kier molecular flexibility index (Phi) is 4.91. The number of hydrogen-bond donors (Lipinski definition) is 0. The van der Waals surface area contributed by atoms with Crippen LogP contribution in [-0.2, 0) is 14.3 Å². The van der Waals surface area contributed by atoms with Crippen LogP contribution >= 0.6 is 11.6 Å². The molecule has 0 N–H and O–H groups in total. The van der Waals surface area contributed by atoms with Gasteiger partial charge in [0.2, 0.25) is 0 Å². The highest BCUT2D eigenvalue weighted by Crippen LogP contribution is 2.35. The third kappa shape index (κ3) is 3.26. The molecule has 0 aromatic heterocycles. The van der Waals surface area contributed by atoms with E-state index in [-0.39, 0.29) is 22.9 Å². The normalized spacial score (nSPS) is 15.8. The van der Waals surface area contributed by atoms with Crippen LogP contribution in [0.3, 0.4) is 0 Å². The number of allylic oxidation sites excluding steroid dienone is 1. The Morgan fingerprint density at radius 1 is 1.12 bits per heavy atom. The summed E-state index contributed by atoms with van der Waals surface area (Å²) in [6.45, 7) is 1.67. The zero-order valence-corrected chi connectivity index (χ0v) is 14.9. The van der Waals surface area contributed by atoms with E-state index in [1.807, 2.05) is 0 Å². The molecule has 0 unspecified atom stereocenters. The molecule has 0 radical (unpaired) electrons. The number of amides is 1. The molecule has 1 aliphatic heterocycles. The van der Waals surface area contributed by atoms with Gasteiger partial charge < -0.3 is 4.74 Å². The van der Waals surface area contributed by atoms with Crippen molar-refractivity contribution in [1.29, 1.82) is 0 Å². The molecule has 1 aliphatic rings. The van der Waals surface area contributed by atoms with Gasteiger partial charge in [-0.1, -0.05) is 23.7 Å². The van der Waals surface area contributed by atoms with Crippen LogP contribution in [0.25, 0.3) is 6.08 Å². The van der Waals surface area contributed by atoms with E-state index in [2.05, 4.69) is 0 Å². The van der Waals surface area contributed by atoms with Crippen molar-refractivity contribution in [3.63, 3.8) is 0 Å². The van der Waals surface area contributed by atoms with Gasteiger partial charge in [0, 0.05) is 16.4 Å². The average Bonchev–Trinajstić information content (AvgIpc) is 2.87. The lowest BCUT2D eigenvalue weighted by atomic mass is 10.0. The van der Waals surface area contributed by atoms with Gasteiger partial charge in [0.15, 0.2) is 0 Å². The molecule has 0 saturated heterocycles. The van der Waals surface area contributed by atoms with Crippen molar-refractivity contribution < 1.29 is 18.7 Å². The van der Waals surface area contributed by atoms with Crippen molar-refractivity contribution in [2.24, 2.45) is 0 Å².